The van der Waals surface area contributed by atoms with Crippen LogP contribution in [0.15, 0.2) is 24.3 Å². The van der Waals surface area contributed by atoms with E-state index in [0.717, 1.165) is 5.56 Å². The normalized spacial score (nSPS) is 7.27. The SMILES string of the molecule is CC.Cc1ccc(F)cc1.I. The highest BCUT2D eigenvalue weighted by Crippen LogP contribution is 1.98. The third-order valence-electron chi connectivity index (χ3n) is 1.01. The van der Waals surface area contributed by atoms with E-state index in [2.05, 4.69) is 0 Å². The number of benzene rings is 1. The Morgan fingerprint density at radius 1 is 1.00 bits per heavy atom. The average Bonchev–Trinajstić information content (AvgIpc) is 2.00. The highest BCUT2D eigenvalue weighted by Gasteiger charge is 1.83. The molecule has 0 bridgehead atoms. The lowest BCUT2D eigenvalue weighted by molar-refractivity contribution is 0.627. The minimum Gasteiger partial charge on any atom is -0.207 e. The quantitative estimate of drug-likeness (QED) is 0.628. The molecule has 0 unspecified atom stereocenters. The molecule has 0 aliphatic heterocycles. The van der Waals surface area contributed by atoms with Gasteiger partial charge in [-0.3, -0.25) is 0 Å². The summed E-state index contributed by atoms with van der Waals surface area (Å²) in [5.41, 5.74) is 1.09. The Balaban J connectivity index is 0. The molecule has 2 heteroatoms. The van der Waals surface area contributed by atoms with E-state index in [1.807, 2.05) is 20.8 Å². The minimum absolute atomic E-state index is 0. The lowest BCUT2D eigenvalue weighted by Crippen LogP contribution is -1.71. The Kier molecular flexibility index (Phi) is 9.77. The Morgan fingerprint density at radius 2 is 1.36 bits per heavy atom. The molecule has 1 rings (SSSR count). The fraction of sp³-hybridized carbons (Fsp3) is 0.333. The molecule has 0 N–H and O–H groups in total. The van der Waals surface area contributed by atoms with Crippen molar-refractivity contribution < 1.29 is 4.39 Å². The van der Waals surface area contributed by atoms with Gasteiger partial charge in [0.15, 0.2) is 0 Å². The van der Waals surface area contributed by atoms with Crippen molar-refractivity contribution >= 4 is 24.0 Å². The van der Waals surface area contributed by atoms with Crippen molar-refractivity contribution in [3.8, 4) is 0 Å². The lowest BCUT2D eigenvalue weighted by atomic mass is 10.2. The topological polar surface area (TPSA) is 0 Å². The summed E-state index contributed by atoms with van der Waals surface area (Å²) in [4.78, 5) is 0. The summed E-state index contributed by atoms with van der Waals surface area (Å²) in [5, 5.41) is 0. The van der Waals surface area contributed by atoms with Crippen molar-refractivity contribution in [3.63, 3.8) is 0 Å². The molecule has 0 fully saturated rings. The van der Waals surface area contributed by atoms with Gasteiger partial charge < -0.3 is 0 Å². The first-order valence-corrected chi connectivity index (χ1v) is 3.51. The summed E-state index contributed by atoms with van der Waals surface area (Å²) in [6, 6.07) is 6.40. The summed E-state index contributed by atoms with van der Waals surface area (Å²) >= 11 is 0. The molecule has 11 heavy (non-hydrogen) atoms. The third-order valence-corrected chi connectivity index (χ3v) is 1.01. The van der Waals surface area contributed by atoms with Gasteiger partial charge in [-0.25, -0.2) is 4.39 Å². The summed E-state index contributed by atoms with van der Waals surface area (Å²) in [5.74, 6) is -0.171. The van der Waals surface area contributed by atoms with E-state index in [-0.39, 0.29) is 29.8 Å². The smallest absolute Gasteiger partial charge is 0.123 e. The summed E-state index contributed by atoms with van der Waals surface area (Å²) in [7, 11) is 0. The van der Waals surface area contributed by atoms with Gasteiger partial charge in [0.2, 0.25) is 0 Å². The lowest BCUT2D eigenvalue weighted by Gasteiger charge is -1.87. The molecule has 64 valence electrons. The van der Waals surface area contributed by atoms with Gasteiger partial charge in [-0.05, 0) is 19.1 Å². The van der Waals surface area contributed by atoms with Gasteiger partial charge >= 0.3 is 0 Å². The molecule has 0 aliphatic carbocycles. The van der Waals surface area contributed by atoms with Crippen LogP contribution < -0.4 is 0 Å². The van der Waals surface area contributed by atoms with Crippen LogP contribution in [-0.2, 0) is 0 Å². The highest BCUT2D eigenvalue weighted by atomic mass is 127. The zero-order chi connectivity index (χ0) is 7.98. The Labute approximate surface area is 84.8 Å². The van der Waals surface area contributed by atoms with Crippen LogP contribution in [0.25, 0.3) is 0 Å². The second-order valence-electron chi connectivity index (χ2n) is 1.80. The molecule has 0 nitrogen and oxygen atoms in total. The predicted molar refractivity (Wildman–Crippen MR) is 57.9 cm³/mol. The maximum absolute atomic E-state index is 12.1. The van der Waals surface area contributed by atoms with Crippen molar-refractivity contribution in [3.05, 3.63) is 35.6 Å². The molecule has 0 amide bonds. The Hall–Kier alpha value is -0.120. The summed E-state index contributed by atoms with van der Waals surface area (Å²) < 4.78 is 12.1. The van der Waals surface area contributed by atoms with Gasteiger partial charge in [-0.1, -0.05) is 31.5 Å². The molecule has 1 aromatic carbocycles. The average molecular weight is 268 g/mol. The van der Waals surface area contributed by atoms with Crippen molar-refractivity contribution in [2.75, 3.05) is 0 Å². The molecule has 0 aliphatic rings. The van der Waals surface area contributed by atoms with Crippen LogP contribution in [-0.4, -0.2) is 0 Å². The predicted octanol–water partition coefficient (Wildman–Crippen LogP) is 3.78. The van der Waals surface area contributed by atoms with Crippen LogP contribution in [0, 0.1) is 12.7 Å². The van der Waals surface area contributed by atoms with E-state index in [1.165, 1.54) is 12.1 Å². The third kappa shape index (κ3) is 6.28. The first-order chi connectivity index (χ1) is 4.79. The molecule has 0 aromatic heterocycles. The fourth-order valence-corrected chi connectivity index (χ4v) is 0.533. The zero-order valence-corrected chi connectivity index (χ0v) is 9.43. The van der Waals surface area contributed by atoms with Gasteiger partial charge in [-0.15, -0.1) is 24.0 Å². The van der Waals surface area contributed by atoms with Crippen molar-refractivity contribution in [2.45, 2.75) is 20.8 Å². The maximum atomic E-state index is 12.1. The van der Waals surface area contributed by atoms with Gasteiger partial charge in [0, 0.05) is 0 Å². The monoisotopic (exact) mass is 268 g/mol. The first kappa shape index (κ1) is 13.5. The molecular weight excluding hydrogens is 254 g/mol. The van der Waals surface area contributed by atoms with Crippen LogP contribution in [0.1, 0.15) is 19.4 Å². The second kappa shape index (κ2) is 7.98. The van der Waals surface area contributed by atoms with E-state index in [9.17, 15) is 4.39 Å². The van der Waals surface area contributed by atoms with Crippen molar-refractivity contribution in [2.24, 2.45) is 0 Å². The largest absolute Gasteiger partial charge is 0.207 e. The molecular formula is C9H14FI. The molecule has 0 atom stereocenters. The molecule has 0 saturated heterocycles. The molecule has 1 aromatic rings. The molecule has 0 spiro atoms. The number of aryl methyl sites for hydroxylation is 1. The highest BCUT2D eigenvalue weighted by molar-refractivity contribution is 14.0. The van der Waals surface area contributed by atoms with Gasteiger partial charge in [0.25, 0.3) is 0 Å². The summed E-state index contributed by atoms with van der Waals surface area (Å²) in [6.45, 7) is 5.93. The van der Waals surface area contributed by atoms with E-state index >= 15 is 0 Å². The molecule has 0 heterocycles. The van der Waals surface area contributed by atoms with Crippen LogP contribution in [0.3, 0.4) is 0 Å². The van der Waals surface area contributed by atoms with Crippen molar-refractivity contribution in [1.29, 1.82) is 0 Å². The minimum atomic E-state index is -0.171. The number of hydrogen-bond donors (Lipinski definition) is 0. The van der Waals surface area contributed by atoms with Gasteiger partial charge in [-0.2, -0.15) is 0 Å². The second-order valence-corrected chi connectivity index (χ2v) is 1.80. The van der Waals surface area contributed by atoms with E-state index < -0.39 is 0 Å². The number of rotatable bonds is 0. The van der Waals surface area contributed by atoms with Crippen LogP contribution in [0.2, 0.25) is 0 Å². The van der Waals surface area contributed by atoms with Crippen LogP contribution in [0.4, 0.5) is 4.39 Å². The van der Waals surface area contributed by atoms with Gasteiger partial charge in [0.1, 0.15) is 5.82 Å². The Morgan fingerprint density at radius 3 is 1.64 bits per heavy atom. The van der Waals surface area contributed by atoms with E-state index in [4.69, 9.17) is 0 Å². The van der Waals surface area contributed by atoms with E-state index in [1.54, 1.807) is 12.1 Å². The number of hydrogen-bond acceptors (Lipinski definition) is 0. The van der Waals surface area contributed by atoms with E-state index in [0.29, 0.717) is 0 Å². The van der Waals surface area contributed by atoms with Crippen LogP contribution >= 0.6 is 24.0 Å². The fourth-order valence-electron chi connectivity index (χ4n) is 0.533. The molecule has 0 radical (unpaired) electrons. The number of halogens is 2. The first-order valence-electron chi connectivity index (χ1n) is 3.51. The molecule has 0 saturated carbocycles. The zero-order valence-electron chi connectivity index (χ0n) is 7.10. The Bertz CT molecular complexity index is 148. The summed E-state index contributed by atoms with van der Waals surface area (Å²) in [6.07, 6.45) is 0. The van der Waals surface area contributed by atoms with Crippen LogP contribution in [0.5, 0.6) is 0 Å². The maximum Gasteiger partial charge on any atom is 0.123 e. The van der Waals surface area contributed by atoms with Crippen molar-refractivity contribution in [1.82, 2.24) is 0 Å². The standard InChI is InChI=1S/C7H7F.C2H6.HI/c1-6-2-4-7(8)5-3-6;1-2;/h2-5H,1H3;1-2H3;1H. The van der Waals surface area contributed by atoms with Gasteiger partial charge in [0.05, 0.1) is 0 Å².